The molecule has 0 saturated carbocycles. The van der Waals surface area contributed by atoms with E-state index in [4.69, 9.17) is 19.4 Å². The standard InChI is InChI=1S/C48H57BrF2N9O5P/c1-6-30-25-40(55-48-52-27-35(49)46(57-48)54-39-11-10-38-33(45(39)66(4,5)63)8-7-31(53-38)28-64-2)42(65-3)26-41(30)60-17-14-32(15-18-60)59-21-19-58(20-22-59)16-13-29-23-36(50)44(37(51)24-29)34-9-12-43(61)56-47(34)62/h7-8,10-11,23-27,32,34H,6,9,12-22,28H2,1-5H3,(H,56,61,62)(H2,52,54,55,57). The summed E-state index contributed by atoms with van der Waals surface area (Å²) in [5.41, 5.74) is 5.58. The summed E-state index contributed by atoms with van der Waals surface area (Å²) < 4.78 is 55.8. The molecule has 3 aromatic carbocycles. The molecule has 5 aromatic rings. The molecule has 3 fully saturated rings. The van der Waals surface area contributed by atoms with E-state index in [0.29, 0.717) is 64.2 Å². The van der Waals surface area contributed by atoms with Gasteiger partial charge in [-0.2, -0.15) is 4.98 Å². The Labute approximate surface area is 392 Å². The largest absolute Gasteiger partial charge is 0.494 e. The van der Waals surface area contributed by atoms with Gasteiger partial charge in [-0.1, -0.05) is 13.0 Å². The molecule has 5 heterocycles. The molecule has 0 aliphatic carbocycles. The Bertz CT molecular complexity index is 2650. The Kier molecular flexibility index (Phi) is 14.7. The number of pyridine rings is 1. The topological polar surface area (TPSA) is 154 Å². The average Bonchev–Trinajstić information content (AvgIpc) is 3.29. The summed E-state index contributed by atoms with van der Waals surface area (Å²) in [5, 5.41) is 10.5. The smallest absolute Gasteiger partial charge is 0.234 e. The maximum atomic E-state index is 15.1. The average molecular weight is 989 g/mol. The van der Waals surface area contributed by atoms with Crippen molar-refractivity contribution in [3.63, 3.8) is 0 Å². The predicted molar refractivity (Wildman–Crippen MR) is 259 cm³/mol. The van der Waals surface area contributed by atoms with Crippen LogP contribution in [0.3, 0.4) is 0 Å². The van der Waals surface area contributed by atoms with Gasteiger partial charge in [0.15, 0.2) is 0 Å². The number of carbonyl (C=O) groups is 2. The van der Waals surface area contributed by atoms with Crippen molar-refractivity contribution in [1.82, 2.24) is 30.1 Å². The normalized spacial score (nSPS) is 17.9. The molecule has 66 heavy (non-hydrogen) atoms. The van der Waals surface area contributed by atoms with E-state index in [2.05, 4.69) is 70.6 Å². The number of piperazine rings is 1. The van der Waals surface area contributed by atoms with Crippen molar-refractivity contribution < 1.29 is 32.4 Å². The number of hydrogen-bond acceptors (Lipinski definition) is 13. The third kappa shape index (κ3) is 10.6. The maximum Gasteiger partial charge on any atom is 0.234 e. The van der Waals surface area contributed by atoms with Crippen LogP contribution in [0.5, 0.6) is 5.75 Å². The number of benzene rings is 3. The van der Waals surface area contributed by atoms with Crippen molar-refractivity contribution in [2.24, 2.45) is 0 Å². The van der Waals surface area contributed by atoms with E-state index in [1.54, 1.807) is 33.7 Å². The molecule has 3 aliphatic rings. The number of fused-ring (bicyclic) bond motifs is 1. The van der Waals surface area contributed by atoms with Crippen LogP contribution in [0, 0.1) is 11.6 Å². The second-order valence-corrected chi connectivity index (χ2v) is 21.6. The molecular weight excluding hydrogens is 931 g/mol. The third-order valence-corrected chi connectivity index (χ3v) is 15.1. The van der Waals surface area contributed by atoms with E-state index < -0.39 is 36.5 Å². The van der Waals surface area contributed by atoms with Gasteiger partial charge < -0.3 is 34.5 Å². The van der Waals surface area contributed by atoms with Crippen molar-refractivity contribution in [3.8, 4) is 5.75 Å². The summed E-state index contributed by atoms with van der Waals surface area (Å²) in [6.07, 6.45) is 5.21. The number of halogens is 3. The highest BCUT2D eigenvalue weighted by molar-refractivity contribution is 9.10. The quantitative estimate of drug-likeness (QED) is 0.0690. The predicted octanol–water partition coefficient (Wildman–Crippen LogP) is 7.87. The van der Waals surface area contributed by atoms with Crippen LogP contribution in [0.4, 0.5) is 37.6 Å². The van der Waals surface area contributed by atoms with E-state index in [1.807, 2.05) is 24.3 Å². The number of nitrogens with zero attached hydrogens (tertiary/aromatic N) is 6. The van der Waals surface area contributed by atoms with Gasteiger partial charge in [-0.25, -0.2) is 13.8 Å². The minimum absolute atomic E-state index is 0.0627. The summed E-state index contributed by atoms with van der Waals surface area (Å²) in [7, 11) is 0.508. The van der Waals surface area contributed by atoms with Gasteiger partial charge in [-0.15, -0.1) is 0 Å². The summed E-state index contributed by atoms with van der Waals surface area (Å²) in [5.74, 6) is -1.99. The third-order valence-electron chi connectivity index (χ3n) is 12.9. The number of rotatable bonds is 15. The highest BCUT2D eigenvalue weighted by Crippen LogP contribution is 2.42. The van der Waals surface area contributed by atoms with E-state index in [-0.39, 0.29) is 18.4 Å². The summed E-state index contributed by atoms with van der Waals surface area (Å²) >= 11 is 3.61. The first kappa shape index (κ1) is 47.4. The molecule has 14 nitrogen and oxygen atoms in total. The van der Waals surface area contributed by atoms with Gasteiger partial charge in [0.05, 0.1) is 46.7 Å². The Balaban J connectivity index is 0.875. The van der Waals surface area contributed by atoms with Gasteiger partial charge in [-0.3, -0.25) is 24.8 Å². The molecule has 2 amide bonds. The fraction of sp³-hybridized carbons (Fsp3) is 0.438. The van der Waals surface area contributed by atoms with Crippen molar-refractivity contribution in [2.45, 2.75) is 64.0 Å². The number of amides is 2. The molecule has 18 heteroatoms. The molecule has 0 spiro atoms. The van der Waals surface area contributed by atoms with Crippen LogP contribution < -0.4 is 30.9 Å². The minimum Gasteiger partial charge on any atom is -0.494 e. The molecule has 1 atom stereocenters. The Morgan fingerprint density at radius 1 is 0.909 bits per heavy atom. The Morgan fingerprint density at radius 2 is 1.65 bits per heavy atom. The van der Waals surface area contributed by atoms with Crippen molar-refractivity contribution in [3.05, 3.63) is 93.2 Å². The Morgan fingerprint density at radius 3 is 2.32 bits per heavy atom. The summed E-state index contributed by atoms with van der Waals surface area (Å²) in [6.45, 7) is 12.2. The molecule has 2 aromatic heterocycles. The van der Waals surface area contributed by atoms with Crippen LogP contribution in [0.15, 0.2) is 59.2 Å². The van der Waals surface area contributed by atoms with Gasteiger partial charge >= 0.3 is 0 Å². The number of ether oxygens (including phenoxy) is 2. The first-order valence-electron chi connectivity index (χ1n) is 22.5. The number of aromatic nitrogens is 3. The molecule has 3 saturated heterocycles. The zero-order chi connectivity index (χ0) is 46.7. The van der Waals surface area contributed by atoms with Crippen molar-refractivity contribution in [2.75, 3.05) is 88.9 Å². The number of nitrogens with one attached hydrogen (secondary N) is 3. The highest BCUT2D eigenvalue weighted by atomic mass is 79.9. The second-order valence-electron chi connectivity index (χ2n) is 17.6. The van der Waals surface area contributed by atoms with Crippen LogP contribution in [0.25, 0.3) is 10.9 Å². The number of anilines is 5. The molecule has 8 rings (SSSR count). The summed E-state index contributed by atoms with van der Waals surface area (Å²) in [4.78, 5) is 45.3. The molecule has 1 unspecified atom stereocenters. The SMILES string of the molecule is CCc1cc(Nc2ncc(Br)c(Nc3ccc4nc(COC)ccc4c3P(C)(C)=O)n2)c(OC)cc1N1CCC(N2CCN(CCc3cc(F)c(C4CCC(=O)NC4=O)c(F)c3)CC2)CC1. The molecular formula is C48H57BrF2N9O5P. The molecule has 3 N–H and O–H groups in total. The fourth-order valence-corrected chi connectivity index (χ4v) is 11.3. The van der Waals surface area contributed by atoms with Crippen LogP contribution >= 0.6 is 23.1 Å². The molecule has 350 valence electrons. The summed E-state index contributed by atoms with van der Waals surface area (Å²) in [6, 6.07) is 15.0. The van der Waals surface area contributed by atoms with Gasteiger partial charge in [0.2, 0.25) is 17.8 Å². The van der Waals surface area contributed by atoms with Crippen LogP contribution in [-0.2, 0) is 38.3 Å². The van der Waals surface area contributed by atoms with Gasteiger partial charge in [0.25, 0.3) is 0 Å². The lowest BCUT2D eigenvalue weighted by atomic mass is 9.89. The number of piperidine rings is 2. The van der Waals surface area contributed by atoms with Gasteiger partial charge in [-0.05, 0) is 109 Å². The number of aryl methyl sites for hydroxylation is 1. The van der Waals surface area contributed by atoms with Crippen LogP contribution in [0.2, 0.25) is 0 Å². The van der Waals surface area contributed by atoms with Gasteiger partial charge in [0.1, 0.15) is 30.3 Å². The number of carbonyl (C=O) groups excluding carboxylic acids is 2. The van der Waals surface area contributed by atoms with Gasteiger partial charge in [0, 0.05) is 99.6 Å². The van der Waals surface area contributed by atoms with Crippen LogP contribution in [-0.4, -0.2) is 116 Å². The van der Waals surface area contributed by atoms with E-state index >= 15 is 8.78 Å². The number of hydrogen-bond donors (Lipinski definition) is 3. The second kappa shape index (κ2) is 20.4. The lowest BCUT2D eigenvalue weighted by Gasteiger charge is -2.43. The number of imide groups is 1. The molecule has 0 radical (unpaired) electrons. The Hall–Kier alpha value is -5.06. The minimum atomic E-state index is -2.78. The first-order chi connectivity index (χ1) is 31.7. The molecule has 0 bridgehead atoms. The first-order valence-corrected chi connectivity index (χ1v) is 25.9. The van der Waals surface area contributed by atoms with E-state index in [0.717, 1.165) is 86.5 Å². The fourth-order valence-electron chi connectivity index (χ4n) is 9.56. The zero-order valence-electron chi connectivity index (χ0n) is 38.1. The molecule has 3 aliphatic heterocycles. The van der Waals surface area contributed by atoms with E-state index in [9.17, 15) is 14.2 Å². The maximum absolute atomic E-state index is 15.1. The zero-order valence-corrected chi connectivity index (χ0v) is 40.5. The lowest BCUT2D eigenvalue weighted by molar-refractivity contribution is -0.134. The van der Waals surface area contributed by atoms with Crippen LogP contribution in [0.1, 0.15) is 60.9 Å². The number of methoxy groups -OCH3 is 2. The lowest BCUT2D eigenvalue weighted by Crippen LogP contribution is -2.53. The highest BCUT2D eigenvalue weighted by Gasteiger charge is 2.33. The van der Waals surface area contributed by atoms with Crippen molar-refractivity contribution >= 4 is 79.9 Å². The van der Waals surface area contributed by atoms with Crippen molar-refractivity contribution in [1.29, 1.82) is 0 Å². The van der Waals surface area contributed by atoms with E-state index in [1.165, 1.54) is 17.7 Å². The monoisotopic (exact) mass is 987 g/mol.